The number of carboxylic acid groups (broad SMARTS) is 1. The van der Waals surface area contributed by atoms with E-state index in [2.05, 4.69) is 0 Å². The largest absolute Gasteiger partial charge is 0.481 e. The van der Waals surface area contributed by atoms with E-state index in [1.165, 1.54) is 17.4 Å². The van der Waals surface area contributed by atoms with Crippen LogP contribution < -0.4 is 0 Å². The van der Waals surface area contributed by atoms with Crippen molar-refractivity contribution >= 4 is 29.2 Å². The average molecular weight is 196 g/mol. The van der Waals surface area contributed by atoms with E-state index in [9.17, 15) is 9.59 Å². The Morgan fingerprint density at radius 3 is 2.85 bits per heavy atom. The second-order valence-electron chi connectivity index (χ2n) is 2.39. The molecule has 1 aromatic heterocycles. The molecule has 4 heteroatoms. The molecular weight excluding hydrogens is 188 g/mol. The number of hydrogen-bond acceptors (Lipinski definition) is 3. The van der Waals surface area contributed by atoms with Crippen LogP contribution in [0.1, 0.15) is 11.3 Å². The van der Waals surface area contributed by atoms with Gasteiger partial charge in [-0.15, -0.1) is 11.3 Å². The van der Waals surface area contributed by atoms with Crippen molar-refractivity contribution < 1.29 is 14.7 Å². The van der Waals surface area contributed by atoms with Crippen LogP contribution in [0.2, 0.25) is 0 Å². The lowest BCUT2D eigenvalue weighted by atomic mass is 10.2. The maximum atomic E-state index is 10.9. The predicted octanol–water partition coefficient (Wildman–Crippen LogP) is 1.81. The van der Waals surface area contributed by atoms with Gasteiger partial charge in [0.15, 0.2) is 5.78 Å². The third kappa shape index (κ3) is 3.66. The molecule has 0 radical (unpaired) electrons. The lowest BCUT2D eigenvalue weighted by Gasteiger charge is -1.86. The van der Waals surface area contributed by atoms with Crippen LogP contribution >= 0.6 is 11.3 Å². The lowest BCUT2D eigenvalue weighted by Crippen LogP contribution is -2.02. The summed E-state index contributed by atoms with van der Waals surface area (Å²) in [6, 6.07) is 3.72. The van der Waals surface area contributed by atoms with Gasteiger partial charge in [0.25, 0.3) is 0 Å². The summed E-state index contributed by atoms with van der Waals surface area (Å²) in [5.74, 6) is -1.48. The van der Waals surface area contributed by atoms with Gasteiger partial charge in [-0.25, -0.2) is 0 Å². The quantitative estimate of drug-likeness (QED) is 0.590. The number of allylic oxidation sites excluding steroid dienone is 1. The molecule has 1 heterocycles. The number of hydrogen-bond donors (Lipinski definition) is 1. The third-order valence-electron chi connectivity index (χ3n) is 1.30. The summed E-state index contributed by atoms with van der Waals surface area (Å²) in [5, 5.41) is 10.2. The van der Waals surface area contributed by atoms with E-state index < -0.39 is 12.4 Å². The molecule has 0 unspecified atom stereocenters. The average Bonchev–Trinajstić information content (AvgIpc) is 2.51. The van der Waals surface area contributed by atoms with E-state index in [0.717, 1.165) is 4.88 Å². The second kappa shape index (κ2) is 4.57. The highest BCUT2D eigenvalue weighted by molar-refractivity contribution is 7.10. The second-order valence-corrected chi connectivity index (χ2v) is 3.36. The molecule has 0 fully saturated rings. The first-order valence-corrected chi connectivity index (χ1v) is 4.52. The highest BCUT2D eigenvalue weighted by Crippen LogP contribution is 2.10. The number of rotatable bonds is 4. The Bertz CT molecular complexity index is 325. The first kappa shape index (κ1) is 9.67. The zero-order chi connectivity index (χ0) is 9.68. The minimum Gasteiger partial charge on any atom is -0.481 e. The van der Waals surface area contributed by atoms with Gasteiger partial charge in [-0.05, 0) is 23.6 Å². The molecule has 0 atom stereocenters. The van der Waals surface area contributed by atoms with E-state index in [1.54, 1.807) is 6.08 Å². The van der Waals surface area contributed by atoms with Crippen molar-refractivity contribution in [1.29, 1.82) is 0 Å². The molecular formula is C9H8O3S. The van der Waals surface area contributed by atoms with E-state index in [-0.39, 0.29) is 5.78 Å². The van der Waals surface area contributed by atoms with Crippen molar-refractivity contribution in [3.8, 4) is 0 Å². The predicted molar refractivity (Wildman–Crippen MR) is 50.6 cm³/mol. The van der Waals surface area contributed by atoms with Crippen LogP contribution in [-0.2, 0) is 9.59 Å². The van der Waals surface area contributed by atoms with Crippen LogP contribution in [0.3, 0.4) is 0 Å². The molecule has 0 bridgehead atoms. The first-order valence-electron chi connectivity index (χ1n) is 3.64. The maximum absolute atomic E-state index is 10.9. The van der Waals surface area contributed by atoms with E-state index in [0.29, 0.717) is 0 Å². The van der Waals surface area contributed by atoms with Gasteiger partial charge >= 0.3 is 5.97 Å². The normalized spacial score (nSPS) is 10.5. The molecule has 1 rings (SSSR count). The summed E-state index contributed by atoms with van der Waals surface area (Å²) in [5.41, 5.74) is 0. The van der Waals surface area contributed by atoms with Crippen molar-refractivity contribution in [2.24, 2.45) is 0 Å². The zero-order valence-electron chi connectivity index (χ0n) is 6.77. The Morgan fingerprint density at radius 2 is 2.31 bits per heavy atom. The highest BCUT2D eigenvalue weighted by atomic mass is 32.1. The van der Waals surface area contributed by atoms with Gasteiger partial charge in [-0.2, -0.15) is 0 Å². The molecule has 0 amide bonds. The Labute approximate surface area is 79.3 Å². The number of aliphatic carboxylic acids is 1. The molecule has 13 heavy (non-hydrogen) atoms. The van der Waals surface area contributed by atoms with E-state index in [1.807, 2.05) is 17.5 Å². The van der Waals surface area contributed by atoms with Gasteiger partial charge in [0.2, 0.25) is 0 Å². The van der Waals surface area contributed by atoms with E-state index >= 15 is 0 Å². The molecule has 0 aromatic carbocycles. The van der Waals surface area contributed by atoms with Crippen molar-refractivity contribution in [3.63, 3.8) is 0 Å². The number of carbonyl (C=O) groups excluding carboxylic acids is 1. The summed E-state index contributed by atoms with van der Waals surface area (Å²) in [6.45, 7) is 0. The minimum atomic E-state index is -1.10. The molecule has 0 spiro atoms. The molecule has 3 nitrogen and oxygen atoms in total. The molecule has 0 saturated carbocycles. The van der Waals surface area contributed by atoms with Crippen LogP contribution in [0, 0.1) is 0 Å². The topological polar surface area (TPSA) is 54.4 Å². The fraction of sp³-hybridized carbons (Fsp3) is 0.111. The maximum Gasteiger partial charge on any atom is 0.311 e. The molecule has 1 aromatic rings. The zero-order valence-corrected chi connectivity index (χ0v) is 7.58. The van der Waals surface area contributed by atoms with Crippen LogP contribution in [0.5, 0.6) is 0 Å². The van der Waals surface area contributed by atoms with Crippen molar-refractivity contribution in [2.45, 2.75) is 6.42 Å². The Balaban J connectivity index is 2.49. The monoisotopic (exact) mass is 196 g/mol. The highest BCUT2D eigenvalue weighted by Gasteiger charge is 2.02. The smallest absolute Gasteiger partial charge is 0.311 e. The lowest BCUT2D eigenvalue weighted by molar-refractivity contribution is -0.139. The Kier molecular flexibility index (Phi) is 3.40. The SMILES string of the molecule is O=C(O)CC(=O)/C=C/c1cccs1. The standard InChI is InChI=1S/C9H8O3S/c10-7(6-9(11)12)3-4-8-2-1-5-13-8/h1-5H,6H2,(H,11,12)/b4-3+. The molecule has 68 valence electrons. The fourth-order valence-corrected chi connectivity index (χ4v) is 1.39. The number of carboxylic acids is 1. The number of carbonyl (C=O) groups is 2. The van der Waals surface area contributed by atoms with Crippen LogP contribution in [-0.4, -0.2) is 16.9 Å². The van der Waals surface area contributed by atoms with E-state index in [4.69, 9.17) is 5.11 Å². The van der Waals surface area contributed by atoms with Gasteiger partial charge in [-0.3, -0.25) is 9.59 Å². The Hall–Kier alpha value is -1.42. The summed E-state index contributed by atoms with van der Waals surface area (Å²) in [4.78, 5) is 21.9. The van der Waals surface area contributed by atoms with Crippen LogP contribution in [0.15, 0.2) is 23.6 Å². The summed E-state index contributed by atoms with van der Waals surface area (Å²) in [7, 11) is 0. The molecule has 0 aliphatic carbocycles. The molecule has 0 aliphatic rings. The minimum absolute atomic E-state index is 0.388. The van der Waals surface area contributed by atoms with Gasteiger partial charge < -0.3 is 5.11 Å². The fourth-order valence-electron chi connectivity index (χ4n) is 0.769. The van der Waals surface area contributed by atoms with Crippen LogP contribution in [0.25, 0.3) is 6.08 Å². The number of thiophene rings is 1. The molecule has 1 N–H and O–H groups in total. The van der Waals surface area contributed by atoms with Gasteiger partial charge in [0.1, 0.15) is 6.42 Å². The first-order chi connectivity index (χ1) is 6.18. The molecule has 0 saturated heterocycles. The Morgan fingerprint density at radius 1 is 1.54 bits per heavy atom. The number of ketones is 1. The van der Waals surface area contributed by atoms with Gasteiger partial charge in [-0.1, -0.05) is 6.07 Å². The summed E-state index contributed by atoms with van der Waals surface area (Å²) < 4.78 is 0. The summed E-state index contributed by atoms with van der Waals surface area (Å²) in [6.07, 6.45) is 2.47. The van der Waals surface area contributed by atoms with Crippen molar-refractivity contribution in [3.05, 3.63) is 28.5 Å². The summed E-state index contributed by atoms with van der Waals surface area (Å²) >= 11 is 1.50. The van der Waals surface area contributed by atoms with Crippen molar-refractivity contribution in [1.82, 2.24) is 0 Å². The third-order valence-corrected chi connectivity index (χ3v) is 2.14. The van der Waals surface area contributed by atoms with Gasteiger partial charge in [0.05, 0.1) is 0 Å². The van der Waals surface area contributed by atoms with Gasteiger partial charge in [0, 0.05) is 4.88 Å². The van der Waals surface area contributed by atoms with Crippen molar-refractivity contribution in [2.75, 3.05) is 0 Å². The molecule has 0 aliphatic heterocycles. The van der Waals surface area contributed by atoms with Crippen LogP contribution in [0.4, 0.5) is 0 Å².